The van der Waals surface area contributed by atoms with Crippen molar-refractivity contribution in [1.82, 2.24) is 9.97 Å². The quantitative estimate of drug-likeness (QED) is 0.320. The van der Waals surface area contributed by atoms with Crippen LogP contribution < -0.4 is 4.74 Å². The Labute approximate surface area is 182 Å². The van der Waals surface area contributed by atoms with E-state index in [1.54, 1.807) is 30.6 Å². The summed E-state index contributed by atoms with van der Waals surface area (Å²) in [4.78, 5) is 8.68. The molecule has 0 fully saturated rings. The molecule has 0 aliphatic heterocycles. The Bertz CT molecular complexity index is 1010. The first kappa shape index (κ1) is 22.4. The predicted molar refractivity (Wildman–Crippen MR) is 123 cm³/mol. The molecule has 0 spiro atoms. The van der Waals surface area contributed by atoms with Gasteiger partial charge in [0.2, 0.25) is 0 Å². The van der Waals surface area contributed by atoms with E-state index in [1.807, 2.05) is 31.2 Å². The van der Waals surface area contributed by atoms with Gasteiger partial charge in [-0.2, -0.15) is 0 Å². The SMILES string of the molecule is C=CCOc1ccc(-c2ncc(-c3ccc(/C=C/CCCC(C)O)cc3)cn2)c(F)c1. The van der Waals surface area contributed by atoms with Crippen LogP contribution in [0.4, 0.5) is 4.39 Å². The summed E-state index contributed by atoms with van der Waals surface area (Å²) in [6.07, 6.45) is 11.7. The van der Waals surface area contributed by atoms with Gasteiger partial charge in [-0.05, 0) is 49.4 Å². The van der Waals surface area contributed by atoms with Gasteiger partial charge in [-0.3, -0.25) is 0 Å². The lowest BCUT2D eigenvalue weighted by molar-refractivity contribution is 0.182. The van der Waals surface area contributed by atoms with Crippen LogP contribution in [0.25, 0.3) is 28.6 Å². The minimum atomic E-state index is -0.432. The highest BCUT2D eigenvalue weighted by Gasteiger charge is 2.10. The van der Waals surface area contributed by atoms with Gasteiger partial charge in [0.25, 0.3) is 0 Å². The van der Waals surface area contributed by atoms with Crippen molar-refractivity contribution in [3.8, 4) is 28.3 Å². The summed E-state index contributed by atoms with van der Waals surface area (Å²) in [5.41, 5.74) is 3.29. The number of unbranched alkanes of at least 4 members (excludes halogenated alkanes) is 1. The van der Waals surface area contributed by atoms with E-state index in [4.69, 9.17) is 4.74 Å². The second-order valence-electron chi connectivity index (χ2n) is 7.34. The van der Waals surface area contributed by atoms with Crippen LogP contribution in [-0.4, -0.2) is 27.8 Å². The van der Waals surface area contributed by atoms with Crippen molar-refractivity contribution in [2.24, 2.45) is 0 Å². The van der Waals surface area contributed by atoms with E-state index < -0.39 is 5.82 Å². The van der Waals surface area contributed by atoms with E-state index in [0.29, 0.717) is 23.7 Å². The van der Waals surface area contributed by atoms with E-state index in [0.717, 1.165) is 36.0 Å². The predicted octanol–water partition coefficient (Wildman–Crippen LogP) is 6.08. The van der Waals surface area contributed by atoms with Gasteiger partial charge in [-0.1, -0.05) is 49.1 Å². The molecule has 1 atom stereocenters. The standard InChI is InChI=1S/C26H27FN2O2/c1-3-15-31-23-13-14-24(25(27)16-23)26-28-17-22(18-29-26)21-11-9-20(10-12-21)8-6-4-5-7-19(2)30/h3,6,8-14,16-19,30H,1,4-5,7,15H2,2H3/b8-6+. The highest BCUT2D eigenvalue weighted by atomic mass is 19.1. The van der Waals surface area contributed by atoms with Crippen LogP contribution in [0, 0.1) is 5.82 Å². The van der Waals surface area contributed by atoms with Gasteiger partial charge < -0.3 is 9.84 Å². The molecule has 3 rings (SSSR count). The van der Waals surface area contributed by atoms with Crippen molar-refractivity contribution in [2.45, 2.75) is 32.3 Å². The molecule has 0 aliphatic rings. The van der Waals surface area contributed by atoms with Crippen molar-refractivity contribution in [3.63, 3.8) is 0 Å². The zero-order chi connectivity index (χ0) is 22.1. The zero-order valence-electron chi connectivity index (χ0n) is 17.7. The number of hydrogen-bond donors (Lipinski definition) is 1. The van der Waals surface area contributed by atoms with Crippen LogP contribution >= 0.6 is 0 Å². The molecule has 2 aromatic carbocycles. The normalized spacial score (nSPS) is 12.1. The third-order valence-electron chi connectivity index (χ3n) is 4.75. The number of benzene rings is 2. The molecule has 4 nitrogen and oxygen atoms in total. The van der Waals surface area contributed by atoms with E-state index in [9.17, 15) is 9.50 Å². The van der Waals surface area contributed by atoms with E-state index in [1.165, 1.54) is 6.07 Å². The van der Waals surface area contributed by atoms with Gasteiger partial charge in [-0.25, -0.2) is 14.4 Å². The Morgan fingerprint density at radius 2 is 1.84 bits per heavy atom. The maximum atomic E-state index is 14.4. The molecule has 0 bridgehead atoms. The summed E-state index contributed by atoms with van der Waals surface area (Å²) in [5, 5.41) is 9.28. The molecule has 3 aromatic rings. The second-order valence-corrected chi connectivity index (χ2v) is 7.34. The van der Waals surface area contributed by atoms with E-state index >= 15 is 0 Å². The topological polar surface area (TPSA) is 55.2 Å². The summed E-state index contributed by atoms with van der Waals surface area (Å²) in [7, 11) is 0. The molecule has 0 saturated heterocycles. The average Bonchev–Trinajstić information content (AvgIpc) is 2.78. The summed E-state index contributed by atoms with van der Waals surface area (Å²) in [6.45, 7) is 5.71. The number of ether oxygens (including phenoxy) is 1. The Kier molecular flexibility index (Phi) is 8.07. The molecule has 1 aromatic heterocycles. The number of aliphatic hydroxyl groups is 1. The molecule has 31 heavy (non-hydrogen) atoms. The lowest BCUT2D eigenvalue weighted by Crippen LogP contribution is -1.97. The van der Waals surface area contributed by atoms with E-state index in [-0.39, 0.29) is 6.10 Å². The van der Waals surface area contributed by atoms with Gasteiger partial charge in [0.05, 0.1) is 11.7 Å². The van der Waals surface area contributed by atoms with E-state index in [2.05, 4.69) is 28.7 Å². The van der Waals surface area contributed by atoms with Gasteiger partial charge in [0, 0.05) is 24.0 Å². The molecule has 0 aliphatic carbocycles. The molecular formula is C26H27FN2O2. The first-order valence-electron chi connectivity index (χ1n) is 10.4. The molecule has 1 unspecified atom stereocenters. The first-order chi connectivity index (χ1) is 15.1. The van der Waals surface area contributed by atoms with Crippen LogP contribution in [-0.2, 0) is 0 Å². The van der Waals surface area contributed by atoms with Gasteiger partial charge in [0.15, 0.2) is 5.82 Å². The van der Waals surface area contributed by atoms with Crippen molar-refractivity contribution in [3.05, 3.63) is 85.0 Å². The van der Waals surface area contributed by atoms with Crippen molar-refractivity contribution in [1.29, 1.82) is 0 Å². The minimum Gasteiger partial charge on any atom is -0.489 e. The fraction of sp³-hybridized carbons (Fsp3) is 0.231. The molecule has 1 heterocycles. The molecule has 160 valence electrons. The van der Waals surface area contributed by atoms with Gasteiger partial charge >= 0.3 is 0 Å². The number of aromatic nitrogens is 2. The fourth-order valence-electron chi connectivity index (χ4n) is 3.08. The summed E-state index contributed by atoms with van der Waals surface area (Å²) in [6, 6.07) is 12.7. The third kappa shape index (κ3) is 6.59. The maximum Gasteiger partial charge on any atom is 0.162 e. The van der Waals surface area contributed by atoms with Crippen molar-refractivity contribution in [2.75, 3.05) is 6.61 Å². The van der Waals surface area contributed by atoms with Crippen LogP contribution in [0.2, 0.25) is 0 Å². The average molecular weight is 419 g/mol. The zero-order valence-corrected chi connectivity index (χ0v) is 17.7. The Morgan fingerprint density at radius 1 is 1.10 bits per heavy atom. The number of rotatable bonds is 10. The van der Waals surface area contributed by atoms with Crippen LogP contribution in [0.3, 0.4) is 0 Å². The second kappa shape index (κ2) is 11.2. The molecule has 0 radical (unpaired) electrons. The third-order valence-corrected chi connectivity index (χ3v) is 4.75. The van der Waals surface area contributed by atoms with Crippen molar-refractivity contribution < 1.29 is 14.2 Å². The summed E-state index contributed by atoms with van der Waals surface area (Å²) < 4.78 is 19.8. The first-order valence-corrected chi connectivity index (χ1v) is 10.4. The van der Waals surface area contributed by atoms with Gasteiger partial charge in [0.1, 0.15) is 18.2 Å². The number of halogens is 1. The molecule has 5 heteroatoms. The molecule has 1 N–H and O–H groups in total. The Morgan fingerprint density at radius 3 is 2.48 bits per heavy atom. The number of hydrogen-bond acceptors (Lipinski definition) is 4. The lowest BCUT2D eigenvalue weighted by Gasteiger charge is -2.07. The highest BCUT2D eigenvalue weighted by Crippen LogP contribution is 2.25. The smallest absolute Gasteiger partial charge is 0.162 e. The molecule has 0 saturated carbocycles. The van der Waals surface area contributed by atoms with Crippen LogP contribution in [0.5, 0.6) is 5.75 Å². The van der Waals surface area contributed by atoms with Gasteiger partial charge in [-0.15, -0.1) is 0 Å². The minimum absolute atomic E-state index is 0.242. The van der Waals surface area contributed by atoms with Crippen LogP contribution in [0.1, 0.15) is 31.7 Å². The van der Waals surface area contributed by atoms with Crippen LogP contribution in [0.15, 0.2) is 73.6 Å². The highest BCUT2D eigenvalue weighted by molar-refractivity contribution is 5.66. The Balaban J connectivity index is 1.65. The lowest BCUT2D eigenvalue weighted by atomic mass is 10.1. The molecule has 0 amide bonds. The summed E-state index contributed by atoms with van der Waals surface area (Å²) >= 11 is 0. The number of nitrogens with zero attached hydrogens (tertiary/aromatic N) is 2. The van der Waals surface area contributed by atoms with Crippen molar-refractivity contribution >= 4 is 6.08 Å². The Hall–Kier alpha value is -3.31. The number of allylic oxidation sites excluding steroid dienone is 1. The monoisotopic (exact) mass is 418 g/mol. The number of aliphatic hydroxyl groups excluding tert-OH is 1. The molecular weight excluding hydrogens is 391 g/mol. The fourth-order valence-corrected chi connectivity index (χ4v) is 3.08. The summed E-state index contributed by atoms with van der Waals surface area (Å²) in [5.74, 6) is 0.335. The largest absolute Gasteiger partial charge is 0.489 e. The maximum absolute atomic E-state index is 14.4.